The average Bonchev–Trinajstić information content (AvgIpc) is 2.31. The highest BCUT2D eigenvalue weighted by atomic mass is 79.9. The van der Waals surface area contributed by atoms with E-state index in [-0.39, 0.29) is 6.10 Å². The van der Waals surface area contributed by atoms with E-state index in [0.717, 1.165) is 23.2 Å². The molecule has 0 fully saturated rings. The van der Waals surface area contributed by atoms with Gasteiger partial charge in [0.25, 0.3) is 0 Å². The lowest BCUT2D eigenvalue weighted by atomic mass is 10.3. The summed E-state index contributed by atoms with van der Waals surface area (Å²) in [6, 6.07) is 7.74. The molecule has 0 spiro atoms. The molecule has 1 atom stereocenters. The number of aliphatic hydroxyl groups is 1. The average molecular weight is 288 g/mol. The van der Waals surface area contributed by atoms with Gasteiger partial charge < -0.3 is 15.2 Å². The molecule has 1 rings (SSSR count). The van der Waals surface area contributed by atoms with Gasteiger partial charge in [0.2, 0.25) is 0 Å². The van der Waals surface area contributed by atoms with Gasteiger partial charge in [-0.25, -0.2) is 0 Å². The van der Waals surface area contributed by atoms with Crippen LogP contribution >= 0.6 is 15.9 Å². The van der Waals surface area contributed by atoms with Crippen LogP contribution in [0.5, 0.6) is 5.75 Å². The van der Waals surface area contributed by atoms with Gasteiger partial charge in [0.1, 0.15) is 12.4 Å². The third-order valence-corrected chi connectivity index (χ3v) is 2.74. The monoisotopic (exact) mass is 287 g/mol. The molecule has 3 nitrogen and oxygen atoms in total. The van der Waals surface area contributed by atoms with Crippen molar-refractivity contribution in [2.24, 2.45) is 0 Å². The summed E-state index contributed by atoms with van der Waals surface area (Å²) in [5.41, 5.74) is 0. The van der Waals surface area contributed by atoms with E-state index in [0.29, 0.717) is 13.2 Å². The topological polar surface area (TPSA) is 41.5 Å². The summed E-state index contributed by atoms with van der Waals surface area (Å²) < 4.78 is 6.56. The number of ether oxygens (including phenoxy) is 1. The summed E-state index contributed by atoms with van der Waals surface area (Å²) in [5, 5.41) is 12.4. The predicted octanol–water partition coefficient (Wildman–Crippen LogP) is 2.19. The third kappa shape index (κ3) is 5.49. The minimum absolute atomic E-state index is 0.257. The van der Waals surface area contributed by atoms with Crippen molar-refractivity contribution in [3.63, 3.8) is 0 Å². The van der Waals surface area contributed by atoms with Crippen molar-refractivity contribution >= 4 is 15.9 Å². The molecule has 0 radical (unpaired) electrons. The summed E-state index contributed by atoms with van der Waals surface area (Å²) in [6.07, 6.45) is 0.522. The molecule has 0 aromatic heterocycles. The zero-order valence-electron chi connectivity index (χ0n) is 9.45. The Hall–Kier alpha value is -0.580. The molecule has 90 valence electrons. The van der Waals surface area contributed by atoms with Crippen LogP contribution in [0.25, 0.3) is 0 Å². The number of nitrogens with one attached hydrogen (secondary N) is 1. The maximum Gasteiger partial charge on any atom is 0.119 e. The van der Waals surface area contributed by atoms with E-state index >= 15 is 0 Å². The summed E-state index contributed by atoms with van der Waals surface area (Å²) in [4.78, 5) is 0. The van der Waals surface area contributed by atoms with Crippen molar-refractivity contribution in [1.82, 2.24) is 5.32 Å². The third-order valence-electron chi connectivity index (χ3n) is 2.21. The number of aliphatic hydroxyl groups excluding tert-OH is 1. The molecule has 0 saturated heterocycles. The first-order valence-electron chi connectivity index (χ1n) is 5.49. The van der Waals surface area contributed by atoms with E-state index in [4.69, 9.17) is 4.74 Å². The van der Waals surface area contributed by atoms with Gasteiger partial charge in [-0.1, -0.05) is 22.9 Å². The van der Waals surface area contributed by atoms with Gasteiger partial charge in [-0.05, 0) is 30.7 Å². The Bertz CT molecular complexity index is 290. The van der Waals surface area contributed by atoms with Crippen LogP contribution in [0.2, 0.25) is 0 Å². The van der Waals surface area contributed by atoms with E-state index in [2.05, 4.69) is 21.2 Å². The van der Waals surface area contributed by atoms with Gasteiger partial charge in [-0.2, -0.15) is 0 Å². The quantitative estimate of drug-likeness (QED) is 0.756. The Morgan fingerprint density at radius 2 is 2.06 bits per heavy atom. The van der Waals surface area contributed by atoms with Crippen LogP contribution < -0.4 is 10.1 Å². The first-order valence-corrected chi connectivity index (χ1v) is 6.29. The summed E-state index contributed by atoms with van der Waals surface area (Å²) >= 11 is 3.37. The van der Waals surface area contributed by atoms with Crippen molar-refractivity contribution < 1.29 is 9.84 Å². The van der Waals surface area contributed by atoms with E-state index in [1.807, 2.05) is 31.2 Å². The maximum atomic E-state index is 9.30. The van der Waals surface area contributed by atoms with Crippen LogP contribution in [0.3, 0.4) is 0 Å². The molecular formula is C12H18BrNO2. The summed E-state index contributed by atoms with van der Waals surface area (Å²) in [6.45, 7) is 3.94. The van der Waals surface area contributed by atoms with E-state index in [9.17, 15) is 5.11 Å². The Morgan fingerprint density at radius 1 is 1.38 bits per heavy atom. The first kappa shape index (κ1) is 13.5. The SMILES string of the molecule is CCC(O)CNCCOc1ccc(Br)cc1. The largest absolute Gasteiger partial charge is 0.492 e. The fourth-order valence-corrected chi connectivity index (χ4v) is 1.45. The minimum Gasteiger partial charge on any atom is -0.492 e. The molecule has 4 heteroatoms. The van der Waals surface area contributed by atoms with Crippen LogP contribution in [0.15, 0.2) is 28.7 Å². The highest BCUT2D eigenvalue weighted by molar-refractivity contribution is 9.10. The first-order chi connectivity index (χ1) is 7.72. The highest BCUT2D eigenvalue weighted by Gasteiger charge is 1.98. The van der Waals surface area contributed by atoms with Crippen LogP contribution in [0, 0.1) is 0 Å². The normalized spacial score (nSPS) is 12.4. The van der Waals surface area contributed by atoms with Gasteiger partial charge in [0, 0.05) is 17.6 Å². The van der Waals surface area contributed by atoms with E-state index in [1.165, 1.54) is 0 Å². The van der Waals surface area contributed by atoms with Crippen molar-refractivity contribution in [2.75, 3.05) is 19.7 Å². The maximum absolute atomic E-state index is 9.30. The second kappa shape index (κ2) is 7.65. The van der Waals surface area contributed by atoms with Gasteiger partial charge in [-0.3, -0.25) is 0 Å². The fourth-order valence-electron chi connectivity index (χ4n) is 1.18. The Balaban J connectivity index is 2.09. The molecule has 0 aliphatic carbocycles. The zero-order valence-corrected chi connectivity index (χ0v) is 11.0. The van der Waals surface area contributed by atoms with Crippen LogP contribution in [0.1, 0.15) is 13.3 Å². The number of rotatable bonds is 7. The zero-order chi connectivity index (χ0) is 11.8. The fraction of sp³-hybridized carbons (Fsp3) is 0.500. The second-order valence-electron chi connectivity index (χ2n) is 3.57. The standard InChI is InChI=1S/C12H18BrNO2/c1-2-11(15)9-14-7-8-16-12-5-3-10(13)4-6-12/h3-6,11,14-15H,2,7-9H2,1H3. The highest BCUT2D eigenvalue weighted by Crippen LogP contribution is 2.15. The van der Waals surface area contributed by atoms with Crippen LogP contribution in [-0.2, 0) is 0 Å². The second-order valence-corrected chi connectivity index (χ2v) is 4.48. The molecule has 1 unspecified atom stereocenters. The molecule has 0 aliphatic heterocycles. The Labute approximate surface area is 105 Å². The molecule has 0 saturated carbocycles. The molecule has 0 heterocycles. The van der Waals surface area contributed by atoms with Gasteiger partial charge in [-0.15, -0.1) is 0 Å². The van der Waals surface area contributed by atoms with Gasteiger partial charge >= 0.3 is 0 Å². The van der Waals surface area contributed by atoms with Crippen molar-refractivity contribution in [3.05, 3.63) is 28.7 Å². The van der Waals surface area contributed by atoms with Crippen molar-refractivity contribution in [1.29, 1.82) is 0 Å². The van der Waals surface area contributed by atoms with E-state index in [1.54, 1.807) is 0 Å². The Kier molecular flexibility index (Phi) is 6.45. The van der Waals surface area contributed by atoms with Crippen molar-refractivity contribution in [2.45, 2.75) is 19.4 Å². The number of halogens is 1. The predicted molar refractivity (Wildman–Crippen MR) is 68.8 cm³/mol. The van der Waals surface area contributed by atoms with E-state index < -0.39 is 0 Å². The number of hydrogen-bond acceptors (Lipinski definition) is 3. The summed E-state index contributed by atoms with van der Waals surface area (Å²) in [7, 11) is 0. The molecular weight excluding hydrogens is 270 g/mol. The molecule has 0 amide bonds. The van der Waals surface area contributed by atoms with Crippen molar-refractivity contribution in [3.8, 4) is 5.75 Å². The smallest absolute Gasteiger partial charge is 0.119 e. The van der Waals surface area contributed by atoms with Crippen LogP contribution in [-0.4, -0.2) is 30.9 Å². The molecule has 2 N–H and O–H groups in total. The molecule has 16 heavy (non-hydrogen) atoms. The Morgan fingerprint density at radius 3 is 2.69 bits per heavy atom. The lowest BCUT2D eigenvalue weighted by Crippen LogP contribution is -2.29. The van der Waals surface area contributed by atoms with Crippen LogP contribution in [0.4, 0.5) is 0 Å². The summed E-state index contributed by atoms with van der Waals surface area (Å²) in [5.74, 6) is 0.862. The molecule has 0 aliphatic rings. The molecule has 1 aromatic carbocycles. The van der Waals surface area contributed by atoms with Gasteiger partial charge in [0.05, 0.1) is 6.10 Å². The lowest BCUT2D eigenvalue weighted by molar-refractivity contribution is 0.165. The number of benzene rings is 1. The van der Waals surface area contributed by atoms with Gasteiger partial charge in [0.15, 0.2) is 0 Å². The minimum atomic E-state index is -0.257. The molecule has 0 bridgehead atoms. The lowest BCUT2D eigenvalue weighted by Gasteiger charge is -2.10. The molecule has 1 aromatic rings. The number of hydrogen-bond donors (Lipinski definition) is 2.